The first-order valence-electron chi connectivity index (χ1n) is 13.8. The molecule has 0 fully saturated rings. The highest BCUT2D eigenvalue weighted by molar-refractivity contribution is 5.82. The van der Waals surface area contributed by atoms with Gasteiger partial charge in [0, 0.05) is 6.42 Å². The number of benzene rings is 2. The maximum Gasteiger partial charge on any atom is 0.407 e. The second kappa shape index (κ2) is 14.1. The lowest BCUT2D eigenvalue weighted by Crippen LogP contribution is -2.52. The first kappa shape index (κ1) is 30.8. The van der Waals surface area contributed by atoms with E-state index in [2.05, 4.69) is 20.6 Å². The number of ether oxygens (including phenoxy) is 1. The third-order valence-corrected chi connectivity index (χ3v) is 6.86. The summed E-state index contributed by atoms with van der Waals surface area (Å²) in [5.74, 6) is -0.265. The van der Waals surface area contributed by atoms with Gasteiger partial charge in [-0.05, 0) is 54.2 Å². The average molecular weight is 553 g/mol. The topological polar surface area (TPSA) is 116 Å². The van der Waals surface area contributed by atoms with E-state index in [1.165, 1.54) is 12.1 Å². The van der Waals surface area contributed by atoms with Crippen molar-refractivity contribution in [3.63, 3.8) is 0 Å². The standard InChI is InChI=1S/C31H41FN4O4/c1-6-7-13-24(28(37)29(38)34-20(2)21-11-9-8-10-12-21)36-30(39)40-26(31(3,4)5)18-27-33-19-25(35-27)22-14-16-23(32)17-15-22/h8-12,14-17,19-20,24,26,28,37H,6-7,13,18H2,1-5H3,(H,33,35)(H,34,38)(H,36,39)/t20-,24+,26?,28-/m1/s1. The highest BCUT2D eigenvalue weighted by Gasteiger charge is 2.33. The number of nitrogens with one attached hydrogen (secondary N) is 3. The third-order valence-electron chi connectivity index (χ3n) is 6.86. The largest absolute Gasteiger partial charge is 0.445 e. The molecule has 1 heterocycles. The molecule has 3 aromatic rings. The van der Waals surface area contributed by atoms with Crippen molar-refractivity contribution in [3.05, 3.63) is 78.0 Å². The first-order chi connectivity index (χ1) is 19.0. The molecule has 0 saturated carbocycles. The number of rotatable bonds is 12. The van der Waals surface area contributed by atoms with Crippen LogP contribution in [0.5, 0.6) is 0 Å². The Bertz CT molecular complexity index is 1220. The summed E-state index contributed by atoms with van der Waals surface area (Å²) in [6.07, 6.45) is 1.22. The normalized spacial score (nSPS) is 14.6. The fourth-order valence-electron chi connectivity index (χ4n) is 4.30. The van der Waals surface area contributed by atoms with Gasteiger partial charge in [0.2, 0.25) is 0 Å². The number of hydrogen-bond donors (Lipinski definition) is 4. The Morgan fingerprint density at radius 2 is 1.75 bits per heavy atom. The van der Waals surface area contributed by atoms with Gasteiger partial charge in [-0.15, -0.1) is 0 Å². The minimum atomic E-state index is -1.44. The number of aliphatic hydroxyl groups is 1. The second-order valence-electron chi connectivity index (χ2n) is 11.2. The van der Waals surface area contributed by atoms with Gasteiger partial charge in [0.25, 0.3) is 5.91 Å². The van der Waals surface area contributed by atoms with Gasteiger partial charge in [0.15, 0.2) is 6.10 Å². The number of aromatic nitrogens is 2. The number of H-pyrrole nitrogens is 1. The molecule has 0 aliphatic rings. The Labute approximate surface area is 235 Å². The number of unbranched alkanes of at least 4 members (excludes halogenated alkanes) is 1. The summed E-state index contributed by atoms with van der Waals surface area (Å²) >= 11 is 0. The van der Waals surface area contributed by atoms with Crippen molar-refractivity contribution in [2.24, 2.45) is 5.41 Å². The molecule has 216 valence electrons. The van der Waals surface area contributed by atoms with Crippen LogP contribution >= 0.6 is 0 Å². The summed E-state index contributed by atoms with van der Waals surface area (Å²) in [5, 5.41) is 16.4. The first-order valence-corrected chi connectivity index (χ1v) is 13.8. The van der Waals surface area contributed by atoms with Crippen LogP contribution in [0, 0.1) is 11.2 Å². The Balaban J connectivity index is 1.66. The SMILES string of the molecule is CCCC[C@H](NC(=O)OC(Cc1ncc(-c2ccc(F)cc2)[nH]1)C(C)(C)C)[C@@H](O)C(=O)N[C@H](C)c1ccccc1. The quantitative estimate of drug-likeness (QED) is 0.230. The van der Waals surface area contributed by atoms with Gasteiger partial charge in [-0.2, -0.15) is 0 Å². The van der Waals surface area contributed by atoms with Crippen molar-refractivity contribution in [1.82, 2.24) is 20.6 Å². The molecule has 0 spiro atoms. The van der Waals surface area contributed by atoms with Crippen molar-refractivity contribution in [1.29, 1.82) is 0 Å². The Morgan fingerprint density at radius 3 is 2.38 bits per heavy atom. The number of carbonyl (C=O) groups excluding carboxylic acids is 2. The summed E-state index contributed by atoms with van der Waals surface area (Å²) in [4.78, 5) is 33.6. The van der Waals surface area contributed by atoms with Crippen molar-refractivity contribution in [2.75, 3.05) is 0 Å². The van der Waals surface area contributed by atoms with Gasteiger partial charge < -0.3 is 25.5 Å². The lowest BCUT2D eigenvalue weighted by molar-refractivity contribution is -0.131. The molecule has 9 heteroatoms. The zero-order valence-electron chi connectivity index (χ0n) is 23.9. The van der Waals surface area contributed by atoms with Crippen LogP contribution in [-0.4, -0.2) is 45.3 Å². The second-order valence-corrected chi connectivity index (χ2v) is 11.2. The summed E-state index contributed by atoms with van der Waals surface area (Å²) in [6, 6.07) is 14.4. The highest BCUT2D eigenvalue weighted by Crippen LogP contribution is 2.26. The lowest BCUT2D eigenvalue weighted by atomic mass is 9.87. The van der Waals surface area contributed by atoms with Crippen LogP contribution in [0.1, 0.15) is 71.3 Å². The molecule has 0 radical (unpaired) electrons. The highest BCUT2D eigenvalue weighted by atomic mass is 19.1. The molecule has 4 atom stereocenters. The number of amides is 2. The number of nitrogens with zero attached hydrogens (tertiary/aromatic N) is 1. The van der Waals surface area contributed by atoms with Crippen LogP contribution < -0.4 is 10.6 Å². The summed E-state index contributed by atoms with van der Waals surface area (Å²) in [6.45, 7) is 9.70. The number of aromatic amines is 1. The van der Waals surface area contributed by atoms with E-state index in [0.717, 1.165) is 23.2 Å². The molecular formula is C31H41FN4O4. The van der Waals surface area contributed by atoms with Crippen LogP contribution in [-0.2, 0) is 16.0 Å². The van der Waals surface area contributed by atoms with E-state index in [1.807, 2.05) is 65.0 Å². The molecule has 1 unspecified atom stereocenters. The molecule has 0 aliphatic heterocycles. The van der Waals surface area contributed by atoms with Crippen LogP contribution in [0.3, 0.4) is 0 Å². The van der Waals surface area contributed by atoms with Gasteiger partial charge in [-0.1, -0.05) is 70.9 Å². The van der Waals surface area contributed by atoms with Gasteiger partial charge in [-0.25, -0.2) is 14.2 Å². The van der Waals surface area contributed by atoms with Crippen molar-refractivity contribution in [3.8, 4) is 11.3 Å². The minimum Gasteiger partial charge on any atom is -0.445 e. The third kappa shape index (κ3) is 8.91. The van der Waals surface area contributed by atoms with E-state index in [4.69, 9.17) is 4.74 Å². The summed E-state index contributed by atoms with van der Waals surface area (Å²) < 4.78 is 19.1. The van der Waals surface area contributed by atoms with Crippen molar-refractivity contribution < 1.29 is 23.8 Å². The van der Waals surface area contributed by atoms with Crippen molar-refractivity contribution in [2.45, 2.75) is 84.6 Å². The predicted molar refractivity (Wildman–Crippen MR) is 153 cm³/mol. The fraction of sp³-hybridized carbons (Fsp3) is 0.452. The van der Waals surface area contributed by atoms with Crippen LogP contribution in [0.4, 0.5) is 9.18 Å². The number of halogens is 1. The number of carbonyl (C=O) groups is 2. The van der Waals surface area contributed by atoms with Gasteiger partial charge in [-0.3, -0.25) is 4.79 Å². The Hall–Kier alpha value is -3.72. The molecule has 0 aliphatic carbocycles. The molecule has 2 aromatic carbocycles. The van der Waals surface area contributed by atoms with Crippen molar-refractivity contribution >= 4 is 12.0 Å². The Kier molecular flexibility index (Phi) is 10.8. The fourth-order valence-corrected chi connectivity index (χ4v) is 4.30. The summed E-state index contributed by atoms with van der Waals surface area (Å²) in [7, 11) is 0. The molecule has 0 saturated heterocycles. The van der Waals surface area contributed by atoms with Crippen LogP contribution in [0.25, 0.3) is 11.3 Å². The zero-order valence-corrected chi connectivity index (χ0v) is 23.9. The average Bonchev–Trinajstić information content (AvgIpc) is 3.39. The molecule has 0 bridgehead atoms. The van der Waals surface area contributed by atoms with E-state index in [0.29, 0.717) is 25.1 Å². The van der Waals surface area contributed by atoms with Gasteiger partial charge in [0.05, 0.1) is 24.0 Å². The molecule has 1 aromatic heterocycles. The molecule has 3 rings (SSSR count). The smallest absolute Gasteiger partial charge is 0.407 e. The van der Waals surface area contributed by atoms with E-state index in [9.17, 15) is 19.1 Å². The predicted octanol–water partition coefficient (Wildman–Crippen LogP) is 5.70. The monoisotopic (exact) mass is 552 g/mol. The number of imidazole rings is 1. The van der Waals surface area contributed by atoms with E-state index in [-0.39, 0.29) is 11.9 Å². The van der Waals surface area contributed by atoms with E-state index in [1.54, 1.807) is 18.3 Å². The maximum atomic E-state index is 13.3. The molecule has 4 N–H and O–H groups in total. The number of alkyl carbamates (subject to hydrolysis) is 1. The molecular weight excluding hydrogens is 511 g/mol. The Morgan fingerprint density at radius 1 is 1.07 bits per heavy atom. The summed E-state index contributed by atoms with van der Waals surface area (Å²) in [5.41, 5.74) is 2.00. The van der Waals surface area contributed by atoms with Gasteiger partial charge in [0.1, 0.15) is 17.7 Å². The lowest BCUT2D eigenvalue weighted by Gasteiger charge is -2.31. The molecule has 2 amide bonds. The number of hydrogen-bond acceptors (Lipinski definition) is 5. The number of aliphatic hydroxyl groups excluding tert-OH is 1. The minimum absolute atomic E-state index is 0.305. The van der Waals surface area contributed by atoms with Crippen LogP contribution in [0.2, 0.25) is 0 Å². The van der Waals surface area contributed by atoms with Crippen LogP contribution in [0.15, 0.2) is 60.8 Å². The molecule has 40 heavy (non-hydrogen) atoms. The van der Waals surface area contributed by atoms with E-state index < -0.39 is 35.7 Å². The zero-order chi connectivity index (χ0) is 29.3. The molecule has 8 nitrogen and oxygen atoms in total. The van der Waals surface area contributed by atoms with E-state index >= 15 is 0 Å². The maximum absolute atomic E-state index is 13.3. The van der Waals surface area contributed by atoms with Gasteiger partial charge >= 0.3 is 6.09 Å².